The molecule has 3 heteroatoms. The van der Waals surface area contributed by atoms with Gasteiger partial charge in [-0.3, -0.25) is 0 Å². The first kappa shape index (κ1) is 14.3. The van der Waals surface area contributed by atoms with Crippen LogP contribution in [0.5, 0.6) is 5.75 Å². The number of halogens is 1. The molecule has 2 nitrogen and oxygen atoms in total. The molecule has 0 heterocycles. The van der Waals surface area contributed by atoms with E-state index >= 15 is 0 Å². The highest BCUT2D eigenvalue weighted by atomic mass is 19.1. The number of ether oxygens (including phenoxy) is 1. The summed E-state index contributed by atoms with van der Waals surface area (Å²) in [6, 6.07) is 4.96. The molecular weight excluding hydrogens is 243 g/mol. The first-order valence-electron chi connectivity index (χ1n) is 7.23. The Bertz CT molecular complexity index is 398. The van der Waals surface area contributed by atoms with Gasteiger partial charge < -0.3 is 9.84 Å². The lowest BCUT2D eigenvalue weighted by Crippen LogP contribution is -2.09. The average Bonchev–Trinajstić information content (AvgIpc) is 2.67. The van der Waals surface area contributed by atoms with E-state index in [4.69, 9.17) is 4.74 Å². The molecule has 1 atom stereocenters. The molecule has 0 bridgehead atoms. The summed E-state index contributed by atoms with van der Waals surface area (Å²) >= 11 is 0. The summed E-state index contributed by atoms with van der Waals surface area (Å²) in [6.45, 7) is 0. The first-order chi connectivity index (χ1) is 9.22. The molecule has 0 amide bonds. The minimum atomic E-state index is -0.724. The Balaban J connectivity index is 2.04. The van der Waals surface area contributed by atoms with Crippen molar-refractivity contribution in [2.75, 3.05) is 7.11 Å². The van der Waals surface area contributed by atoms with E-state index in [-0.39, 0.29) is 5.75 Å². The molecule has 0 aromatic heterocycles. The quantitative estimate of drug-likeness (QED) is 0.826. The van der Waals surface area contributed by atoms with Gasteiger partial charge in [0.1, 0.15) is 0 Å². The number of hydrogen-bond donors (Lipinski definition) is 1. The van der Waals surface area contributed by atoms with Gasteiger partial charge in [-0.1, -0.05) is 50.7 Å². The van der Waals surface area contributed by atoms with Crippen molar-refractivity contribution < 1.29 is 14.2 Å². The van der Waals surface area contributed by atoms with Gasteiger partial charge in [0, 0.05) is 5.56 Å². The maximum Gasteiger partial charge on any atom is 0.170 e. The van der Waals surface area contributed by atoms with Crippen LogP contribution in [0.4, 0.5) is 4.39 Å². The summed E-state index contributed by atoms with van der Waals surface area (Å²) in [5.74, 6) is 0.298. The Labute approximate surface area is 114 Å². The van der Waals surface area contributed by atoms with E-state index in [2.05, 4.69) is 0 Å². The molecule has 1 aliphatic rings. The van der Waals surface area contributed by atoms with Gasteiger partial charge in [0.2, 0.25) is 0 Å². The summed E-state index contributed by atoms with van der Waals surface area (Å²) < 4.78 is 19.0. The molecule has 1 aromatic rings. The van der Waals surface area contributed by atoms with Crippen LogP contribution in [0.3, 0.4) is 0 Å². The van der Waals surface area contributed by atoms with Gasteiger partial charge in [0.05, 0.1) is 13.2 Å². The van der Waals surface area contributed by atoms with Crippen molar-refractivity contribution in [1.29, 1.82) is 0 Å². The van der Waals surface area contributed by atoms with Crippen LogP contribution >= 0.6 is 0 Å². The minimum absolute atomic E-state index is 0.206. The Morgan fingerprint density at radius 2 is 1.95 bits per heavy atom. The number of hydrogen-bond acceptors (Lipinski definition) is 2. The molecule has 2 rings (SSSR count). The fourth-order valence-corrected chi connectivity index (χ4v) is 2.99. The molecule has 1 aromatic carbocycles. The van der Waals surface area contributed by atoms with Crippen LogP contribution in [-0.4, -0.2) is 12.2 Å². The van der Waals surface area contributed by atoms with Crippen molar-refractivity contribution in [3.05, 3.63) is 29.6 Å². The number of aliphatic hydroxyl groups excluding tert-OH is 1. The van der Waals surface area contributed by atoms with Crippen molar-refractivity contribution in [3.63, 3.8) is 0 Å². The van der Waals surface area contributed by atoms with Crippen molar-refractivity contribution in [1.82, 2.24) is 0 Å². The smallest absolute Gasteiger partial charge is 0.170 e. The molecule has 1 unspecified atom stereocenters. The second-order valence-electron chi connectivity index (χ2n) is 5.47. The molecule has 1 aliphatic carbocycles. The van der Waals surface area contributed by atoms with Crippen LogP contribution < -0.4 is 4.74 Å². The number of rotatable bonds is 4. The lowest BCUT2D eigenvalue weighted by atomic mass is 9.91. The van der Waals surface area contributed by atoms with Crippen LogP contribution in [0.1, 0.15) is 56.6 Å². The standard InChI is InChI=1S/C16H23FO2/c1-19-15-10-6-9-13(16(15)17)14(18)11-12-7-4-2-3-5-8-12/h6,9-10,12,14,18H,2-5,7-8,11H2,1H3. The van der Waals surface area contributed by atoms with Crippen molar-refractivity contribution in [2.24, 2.45) is 5.92 Å². The second kappa shape index (κ2) is 6.90. The molecule has 0 saturated heterocycles. The van der Waals surface area contributed by atoms with Gasteiger partial charge in [-0.15, -0.1) is 0 Å². The van der Waals surface area contributed by atoms with E-state index in [1.54, 1.807) is 18.2 Å². The summed E-state index contributed by atoms with van der Waals surface area (Å²) in [4.78, 5) is 0. The molecule has 19 heavy (non-hydrogen) atoms. The largest absolute Gasteiger partial charge is 0.494 e. The Hall–Kier alpha value is -1.09. The van der Waals surface area contributed by atoms with Gasteiger partial charge in [0.15, 0.2) is 11.6 Å². The number of methoxy groups -OCH3 is 1. The topological polar surface area (TPSA) is 29.5 Å². The lowest BCUT2D eigenvalue weighted by Gasteiger charge is -2.19. The van der Waals surface area contributed by atoms with E-state index in [1.807, 2.05) is 0 Å². The minimum Gasteiger partial charge on any atom is -0.494 e. The number of benzene rings is 1. The Morgan fingerprint density at radius 3 is 2.58 bits per heavy atom. The second-order valence-corrected chi connectivity index (χ2v) is 5.47. The van der Waals surface area contributed by atoms with Gasteiger partial charge in [-0.25, -0.2) is 4.39 Å². The van der Waals surface area contributed by atoms with Gasteiger partial charge in [0.25, 0.3) is 0 Å². The van der Waals surface area contributed by atoms with Crippen LogP contribution in [-0.2, 0) is 0 Å². The third-order valence-electron chi connectivity index (χ3n) is 4.10. The van der Waals surface area contributed by atoms with Crippen molar-refractivity contribution >= 4 is 0 Å². The van der Waals surface area contributed by atoms with Crippen molar-refractivity contribution in [3.8, 4) is 5.75 Å². The van der Waals surface area contributed by atoms with Crippen LogP contribution in [0, 0.1) is 11.7 Å². The van der Waals surface area contributed by atoms with Gasteiger partial charge >= 0.3 is 0 Å². The molecule has 0 aliphatic heterocycles. The highest BCUT2D eigenvalue weighted by molar-refractivity contribution is 5.32. The number of aliphatic hydroxyl groups is 1. The third kappa shape index (κ3) is 3.69. The van der Waals surface area contributed by atoms with Crippen LogP contribution in [0.25, 0.3) is 0 Å². The van der Waals surface area contributed by atoms with E-state index < -0.39 is 11.9 Å². The molecule has 1 saturated carbocycles. The molecular formula is C16H23FO2. The summed E-state index contributed by atoms with van der Waals surface area (Å²) in [7, 11) is 1.44. The SMILES string of the molecule is COc1cccc(C(O)CC2CCCCCC2)c1F. The maximum absolute atomic E-state index is 14.1. The fourth-order valence-electron chi connectivity index (χ4n) is 2.99. The molecule has 106 valence electrons. The Morgan fingerprint density at radius 1 is 1.26 bits per heavy atom. The van der Waals surface area contributed by atoms with E-state index in [9.17, 15) is 9.50 Å². The molecule has 1 fully saturated rings. The van der Waals surface area contributed by atoms with E-state index in [0.29, 0.717) is 17.9 Å². The normalized spacial score (nSPS) is 18.9. The summed E-state index contributed by atoms with van der Waals surface area (Å²) in [6.07, 6.45) is 7.30. The first-order valence-corrected chi connectivity index (χ1v) is 7.23. The predicted octanol–water partition coefficient (Wildman–Crippen LogP) is 4.23. The van der Waals surface area contributed by atoms with E-state index in [1.165, 1.54) is 32.8 Å². The van der Waals surface area contributed by atoms with Crippen LogP contribution in [0.15, 0.2) is 18.2 Å². The summed E-state index contributed by atoms with van der Waals surface area (Å²) in [5.41, 5.74) is 0.364. The van der Waals surface area contributed by atoms with Gasteiger partial charge in [-0.2, -0.15) is 0 Å². The van der Waals surface area contributed by atoms with Gasteiger partial charge in [-0.05, 0) is 18.4 Å². The average molecular weight is 266 g/mol. The zero-order valence-corrected chi connectivity index (χ0v) is 11.6. The summed E-state index contributed by atoms with van der Waals surface area (Å²) in [5, 5.41) is 10.3. The monoisotopic (exact) mass is 266 g/mol. The Kier molecular flexibility index (Phi) is 5.20. The lowest BCUT2D eigenvalue weighted by molar-refractivity contribution is 0.134. The highest BCUT2D eigenvalue weighted by Crippen LogP contribution is 2.33. The fraction of sp³-hybridized carbons (Fsp3) is 0.625. The highest BCUT2D eigenvalue weighted by Gasteiger charge is 2.21. The molecule has 1 N–H and O–H groups in total. The zero-order valence-electron chi connectivity index (χ0n) is 11.6. The van der Waals surface area contributed by atoms with Crippen molar-refractivity contribution in [2.45, 2.75) is 51.0 Å². The third-order valence-corrected chi connectivity index (χ3v) is 4.10. The predicted molar refractivity (Wildman–Crippen MR) is 73.7 cm³/mol. The maximum atomic E-state index is 14.1. The molecule has 0 radical (unpaired) electrons. The van der Waals surface area contributed by atoms with Crippen LogP contribution in [0.2, 0.25) is 0 Å². The van der Waals surface area contributed by atoms with E-state index in [0.717, 1.165) is 12.8 Å². The molecule has 0 spiro atoms. The zero-order chi connectivity index (χ0) is 13.7.